The maximum atomic E-state index is 11.2. The van der Waals surface area contributed by atoms with E-state index in [0.717, 1.165) is 17.4 Å². The van der Waals surface area contributed by atoms with Crippen LogP contribution in [0.1, 0.15) is 18.7 Å². The first-order chi connectivity index (χ1) is 11.8. The van der Waals surface area contributed by atoms with Crippen LogP contribution in [0.4, 0.5) is 15.5 Å². The number of hydrazone groups is 1. The Hall–Kier alpha value is -2.86. The van der Waals surface area contributed by atoms with E-state index in [1.807, 2.05) is 0 Å². The maximum absolute atomic E-state index is 11.2. The second-order valence-electron chi connectivity index (χ2n) is 4.51. The molecule has 25 heavy (non-hydrogen) atoms. The number of amides is 1. The van der Waals surface area contributed by atoms with Gasteiger partial charge < -0.3 is 4.74 Å². The average Bonchev–Trinajstić information content (AvgIpc) is 3.19. The van der Waals surface area contributed by atoms with Crippen LogP contribution >= 0.6 is 22.7 Å². The fourth-order valence-corrected chi connectivity index (χ4v) is 3.78. The Labute approximate surface area is 149 Å². The van der Waals surface area contributed by atoms with E-state index in [1.165, 1.54) is 11.3 Å². The Bertz CT molecular complexity index is 857. The van der Waals surface area contributed by atoms with Gasteiger partial charge in [-0.3, -0.25) is 20.2 Å². The summed E-state index contributed by atoms with van der Waals surface area (Å²) in [5.41, 5.74) is 2.37. The zero-order valence-electron chi connectivity index (χ0n) is 13.0. The van der Waals surface area contributed by atoms with Gasteiger partial charge in [0.2, 0.25) is 0 Å². The van der Waals surface area contributed by atoms with E-state index < -0.39 is 15.9 Å². The summed E-state index contributed by atoms with van der Waals surface area (Å²) < 4.78 is 4.68. The Kier molecular flexibility index (Phi) is 5.77. The molecule has 0 aromatic carbocycles. The number of ether oxygens (including phenoxy) is 1. The number of nitrogens with one attached hydrogen (secondary N) is 1. The maximum Gasteiger partial charge on any atom is 0.427 e. The third kappa shape index (κ3) is 4.36. The number of thiophene rings is 2. The van der Waals surface area contributed by atoms with Gasteiger partial charge in [-0.2, -0.15) is 5.10 Å². The van der Waals surface area contributed by atoms with Crippen molar-refractivity contribution < 1.29 is 19.4 Å². The van der Waals surface area contributed by atoms with Crippen molar-refractivity contribution in [2.24, 2.45) is 5.10 Å². The Morgan fingerprint density at radius 3 is 2.60 bits per heavy atom. The summed E-state index contributed by atoms with van der Waals surface area (Å²) in [6.45, 7) is 3.52. The van der Waals surface area contributed by atoms with Gasteiger partial charge in [0.05, 0.1) is 31.9 Å². The SMILES string of the molecule is CCOC(=O)N/N=C(\C)c1ccc(-c2sc([N+](=O)[O-])cc2[N+](=O)[O-])s1. The number of hydrogen-bond acceptors (Lipinski definition) is 9. The van der Waals surface area contributed by atoms with Crippen molar-refractivity contribution in [2.45, 2.75) is 13.8 Å². The molecule has 0 fully saturated rings. The van der Waals surface area contributed by atoms with Crippen LogP contribution in [-0.4, -0.2) is 28.3 Å². The lowest BCUT2D eigenvalue weighted by Gasteiger charge is -2.00. The number of nitrogens with zero attached hydrogens (tertiary/aromatic N) is 3. The Morgan fingerprint density at radius 2 is 2.00 bits per heavy atom. The summed E-state index contributed by atoms with van der Waals surface area (Å²) in [5, 5.41) is 25.6. The van der Waals surface area contributed by atoms with Gasteiger partial charge >= 0.3 is 11.1 Å². The molecule has 132 valence electrons. The number of hydrogen-bond donors (Lipinski definition) is 1. The summed E-state index contributed by atoms with van der Waals surface area (Å²) in [4.78, 5) is 33.2. The van der Waals surface area contributed by atoms with Gasteiger partial charge in [-0.25, -0.2) is 10.2 Å². The van der Waals surface area contributed by atoms with E-state index in [4.69, 9.17) is 0 Å². The summed E-state index contributed by atoms with van der Waals surface area (Å²) in [5.74, 6) is 0. The first-order valence-corrected chi connectivity index (χ1v) is 8.47. The molecule has 0 saturated heterocycles. The lowest BCUT2D eigenvalue weighted by molar-refractivity contribution is -0.389. The first kappa shape index (κ1) is 18.5. The molecule has 12 heteroatoms. The largest absolute Gasteiger partial charge is 0.449 e. The molecule has 0 bridgehead atoms. The third-order valence-corrected chi connectivity index (χ3v) is 5.30. The molecule has 0 unspecified atom stereocenters. The van der Waals surface area contributed by atoms with Crippen molar-refractivity contribution in [3.05, 3.63) is 43.3 Å². The molecule has 10 nitrogen and oxygen atoms in total. The molecule has 2 aromatic heterocycles. The second-order valence-corrected chi connectivity index (χ2v) is 6.62. The van der Waals surface area contributed by atoms with Gasteiger partial charge in [-0.05, 0) is 26.0 Å². The van der Waals surface area contributed by atoms with Crippen LogP contribution in [0.25, 0.3) is 9.75 Å². The first-order valence-electron chi connectivity index (χ1n) is 6.83. The number of carbonyl (C=O) groups is 1. The van der Waals surface area contributed by atoms with Gasteiger partial charge in [0, 0.05) is 0 Å². The minimum Gasteiger partial charge on any atom is -0.449 e. The highest BCUT2D eigenvalue weighted by atomic mass is 32.1. The molecular weight excluding hydrogens is 372 g/mol. The van der Waals surface area contributed by atoms with Gasteiger partial charge in [-0.1, -0.05) is 11.3 Å². The average molecular weight is 384 g/mol. The summed E-state index contributed by atoms with van der Waals surface area (Å²) in [6, 6.07) is 4.23. The summed E-state index contributed by atoms with van der Waals surface area (Å²) in [6.07, 6.45) is -0.692. The smallest absolute Gasteiger partial charge is 0.427 e. The zero-order chi connectivity index (χ0) is 18.6. The van der Waals surface area contributed by atoms with Crippen molar-refractivity contribution >= 4 is 45.2 Å². The predicted molar refractivity (Wildman–Crippen MR) is 93.3 cm³/mol. The van der Waals surface area contributed by atoms with Crippen LogP contribution in [0.3, 0.4) is 0 Å². The lowest BCUT2D eigenvalue weighted by Crippen LogP contribution is -2.20. The summed E-state index contributed by atoms with van der Waals surface area (Å²) in [7, 11) is 0. The molecule has 1 N–H and O–H groups in total. The second kappa shape index (κ2) is 7.81. The quantitative estimate of drug-likeness (QED) is 0.457. The van der Waals surface area contributed by atoms with Crippen LogP contribution in [-0.2, 0) is 4.74 Å². The van der Waals surface area contributed by atoms with Crippen LogP contribution < -0.4 is 5.43 Å². The van der Waals surface area contributed by atoms with Crippen molar-refractivity contribution in [1.29, 1.82) is 0 Å². The van der Waals surface area contributed by atoms with Gasteiger partial charge in [0.25, 0.3) is 5.69 Å². The van der Waals surface area contributed by atoms with Crippen LogP contribution in [0.15, 0.2) is 23.3 Å². The Balaban J connectivity index is 2.29. The van der Waals surface area contributed by atoms with E-state index >= 15 is 0 Å². The van der Waals surface area contributed by atoms with Crippen molar-refractivity contribution in [2.75, 3.05) is 6.61 Å². The zero-order valence-corrected chi connectivity index (χ0v) is 14.7. The monoisotopic (exact) mass is 384 g/mol. The van der Waals surface area contributed by atoms with E-state index in [-0.39, 0.29) is 22.2 Å². The van der Waals surface area contributed by atoms with E-state index in [1.54, 1.807) is 26.0 Å². The molecule has 0 aliphatic heterocycles. The van der Waals surface area contributed by atoms with E-state index in [0.29, 0.717) is 15.5 Å². The van der Waals surface area contributed by atoms with E-state index in [9.17, 15) is 25.0 Å². The molecular formula is C13H12N4O6S2. The number of nitro groups is 2. The fraction of sp³-hybridized carbons (Fsp3) is 0.231. The van der Waals surface area contributed by atoms with Crippen molar-refractivity contribution in [3.63, 3.8) is 0 Å². The molecule has 1 amide bonds. The molecule has 0 aliphatic carbocycles. The van der Waals surface area contributed by atoms with Crippen molar-refractivity contribution in [1.82, 2.24) is 5.43 Å². The molecule has 2 aromatic rings. The van der Waals surface area contributed by atoms with Crippen molar-refractivity contribution in [3.8, 4) is 9.75 Å². The third-order valence-electron chi connectivity index (χ3n) is 2.85. The van der Waals surface area contributed by atoms with Gasteiger partial charge in [0.1, 0.15) is 10.9 Å². The molecule has 0 aliphatic rings. The molecule has 0 spiro atoms. The molecule has 0 saturated carbocycles. The Morgan fingerprint density at radius 1 is 1.28 bits per heavy atom. The molecule has 2 heterocycles. The minimum atomic E-state index is -0.692. The summed E-state index contributed by atoms with van der Waals surface area (Å²) >= 11 is 1.92. The van der Waals surface area contributed by atoms with Gasteiger partial charge in [-0.15, -0.1) is 11.3 Å². The van der Waals surface area contributed by atoms with Crippen LogP contribution in [0, 0.1) is 20.2 Å². The highest BCUT2D eigenvalue weighted by molar-refractivity contribution is 7.25. The number of rotatable bonds is 6. The molecule has 0 radical (unpaired) electrons. The highest BCUT2D eigenvalue weighted by Crippen LogP contribution is 2.44. The topological polar surface area (TPSA) is 137 Å². The molecule has 2 rings (SSSR count). The lowest BCUT2D eigenvalue weighted by atomic mass is 10.3. The van der Waals surface area contributed by atoms with E-state index in [2.05, 4.69) is 15.3 Å². The highest BCUT2D eigenvalue weighted by Gasteiger charge is 2.27. The fourth-order valence-electron chi connectivity index (χ4n) is 1.77. The van der Waals surface area contributed by atoms with Crippen LogP contribution in [0.2, 0.25) is 0 Å². The number of carbonyl (C=O) groups excluding carboxylic acids is 1. The predicted octanol–water partition coefficient (Wildman–Crippen LogP) is 3.76. The standard InChI is InChI=1S/C13H12N4O6S2/c1-3-23-13(18)15-14-7(2)9-4-5-10(24-9)12-8(16(19)20)6-11(25-12)17(21)22/h4-6H,3H2,1-2H3,(H,15,18)/b14-7+. The van der Waals surface area contributed by atoms with Crippen LogP contribution in [0.5, 0.6) is 0 Å². The van der Waals surface area contributed by atoms with Gasteiger partial charge in [0.15, 0.2) is 0 Å². The normalized spacial score (nSPS) is 11.2. The molecule has 0 atom stereocenters. The minimum absolute atomic E-state index is 0.208.